The molecule has 0 aliphatic carbocycles. The van der Waals surface area contributed by atoms with E-state index < -0.39 is 0 Å². The van der Waals surface area contributed by atoms with Crippen LogP contribution in [0.4, 0.5) is 0 Å². The van der Waals surface area contributed by atoms with Crippen LogP contribution in [0.1, 0.15) is 30.9 Å². The summed E-state index contributed by atoms with van der Waals surface area (Å²) in [4.78, 5) is 9.00. The molecule has 3 rings (SSSR count). The van der Waals surface area contributed by atoms with Crippen LogP contribution in [0.5, 0.6) is 5.88 Å². The summed E-state index contributed by atoms with van der Waals surface area (Å²) < 4.78 is 11.4. The molecule has 1 atom stereocenters. The molecule has 1 aliphatic rings. The summed E-state index contributed by atoms with van der Waals surface area (Å²) in [6.07, 6.45) is 3.43. The molecular formula is C23H32N4O3. The number of nitrogens with zero attached hydrogens (tertiary/aromatic N) is 2. The summed E-state index contributed by atoms with van der Waals surface area (Å²) in [6.45, 7) is 6.13. The van der Waals surface area contributed by atoms with Crippen molar-refractivity contribution in [2.75, 3.05) is 32.9 Å². The Morgan fingerprint density at radius 1 is 1.23 bits per heavy atom. The topological polar surface area (TPSA) is 88.0 Å². The summed E-state index contributed by atoms with van der Waals surface area (Å²) in [5, 5.41) is 16.1. The predicted molar refractivity (Wildman–Crippen MR) is 117 cm³/mol. The van der Waals surface area contributed by atoms with Gasteiger partial charge in [-0.3, -0.25) is 0 Å². The second-order valence-electron chi connectivity index (χ2n) is 7.60. The second kappa shape index (κ2) is 11.5. The first-order valence-corrected chi connectivity index (χ1v) is 10.6. The normalized spacial score (nSPS) is 18.9. The summed E-state index contributed by atoms with van der Waals surface area (Å²) in [5.41, 5.74) is 2.11. The van der Waals surface area contributed by atoms with Gasteiger partial charge in [-0.2, -0.15) is 0 Å². The van der Waals surface area contributed by atoms with E-state index in [1.54, 1.807) is 6.20 Å². The van der Waals surface area contributed by atoms with Gasteiger partial charge in [0, 0.05) is 44.0 Å². The van der Waals surface area contributed by atoms with E-state index in [1.807, 2.05) is 49.4 Å². The summed E-state index contributed by atoms with van der Waals surface area (Å²) in [7, 11) is 0. The highest BCUT2D eigenvalue weighted by Gasteiger charge is 2.34. The Bertz CT molecular complexity index is 792. The number of rotatable bonds is 10. The van der Waals surface area contributed by atoms with Crippen molar-refractivity contribution in [3.63, 3.8) is 0 Å². The maximum atomic E-state index is 9.41. The van der Waals surface area contributed by atoms with Gasteiger partial charge in [0.1, 0.15) is 6.61 Å². The molecule has 0 saturated carbocycles. The fourth-order valence-corrected chi connectivity index (χ4v) is 3.45. The third-order valence-electron chi connectivity index (χ3n) is 5.25. The lowest BCUT2D eigenvalue weighted by molar-refractivity contribution is 0.127. The van der Waals surface area contributed by atoms with E-state index in [2.05, 4.69) is 15.6 Å². The maximum absolute atomic E-state index is 9.41. The van der Waals surface area contributed by atoms with Crippen molar-refractivity contribution in [3.8, 4) is 5.88 Å². The average Bonchev–Trinajstić information content (AvgIpc) is 3.24. The number of aliphatic hydroxyl groups excluding tert-OH is 1. The lowest BCUT2D eigenvalue weighted by atomic mass is 9.84. The number of pyridine rings is 1. The third kappa shape index (κ3) is 6.71. The van der Waals surface area contributed by atoms with Crippen LogP contribution in [0.15, 0.2) is 53.7 Å². The number of hydrogen-bond donors (Lipinski definition) is 3. The van der Waals surface area contributed by atoms with Gasteiger partial charge in [0.25, 0.3) is 0 Å². The van der Waals surface area contributed by atoms with Crippen molar-refractivity contribution in [1.29, 1.82) is 0 Å². The van der Waals surface area contributed by atoms with Gasteiger partial charge >= 0.3 is 0 Å². The first kappa shape index (κ1) is 22.1. The van der Waals surface area contributed by atoms with Crippen molar-refractivity contribution in [2.24, 2.45) is 10.4 Å². The van der Waals surface area contributed by atoms with E-state index >= 15 is 0 Å². The molecule has 0 bridgehead atoms. The number of ether oxygens (including phenoxy) is 2. The molecule has 0 amide bonds. The standard InChI is InChI=1S/C23H32N4O3/c1-2-24-22(27-17-23(9-12-28)10-13-29-18-23)26-15-20-8-11-25-21(14-20)30-16-19-6-4-3-5-7-19/h3-8,11,14,28H,2,9-10,12-13,15-18H2,1H3,(H2,24,26,27). The molecule has 1 unspecified atom stereocenters. The Morgan fingerprint density at radius 2 is 2.10 bits per heavy atom. The Labute approximate surface area is 178 Å². The zero-order valence-corrected chi connectivity index (χ0v) is 17.6. The monoisotopic (exact) mass is 412 g/mol. The number of aliphatic imine (C=N–C) groups is 1. The smallest absolute Gasteiger partial charge is 0.213 e. The average molecular weight is 413 g/mol. The van der Waals surface area contributed by atoms with Crippen molar-refractivity contribution < 1.29 is 14.6 Å². The van der Waals surface area contributed by atoms with Gasteiger partial charge in [-0.15, -0.1) is 0 Å². The van der Waals surface area contributed by atoms with Crippen LogP contribution in [0.2, 0.25) is 0 Å². The molecule has 1 aliphatic heterocycles. The highest BCUT2D eigenvalue weighted by molar-refractivity contribution is 5.79. The molecular weight excluding hydrogens is 380 g/mol. The zero-order chi connectivity index (χ0) is 21.1. The van der Waals surface area contributed by atoms with Crippen LogP contribution in [0.25, 0.3) is 0 Å². The van der Waals surface area contributed by atoms with Gasteiger partial charge in [-0.25, -0.2) is 9.98 Å². The molecule has 30 heavy (non-hydrogen) atoms. The number of aliphatic hydroxyl groups is 1. The Balaban J connectivity index is 1.57. The highest BCUT2D eigenvalue weighted by atomic mass is 16.5. The molecule has 3 N–H and O–H groups in total. The largest absolute Gasteiger partial charge is 0.473 e. The van der Waals surface area contributed by atoms with Crippen molar-refractivity contribution in [3.05, 3.63) is 59.8 Å². The van der Waals surface area contributed by atoms with Crippen molar-refractivity contribution in [1.82, 2.24) is 15.6 Å². The molecule has 162 valence electrons. The molecule has 0 radical (unpaired) electrons. The number of hydrogen-bond acceptors (Lipinski definition) is 5. The van der Waals surface area contributed by atoms with Gasteiger partial charge in [0.15, 0.2) is 5.96 Å². The number of nitrogens with one attached hydrogen (secondary N) is 2. The van der Waals surface area contributed by atoms with E-state index in [-0.39, 0.29) is 12.0 Å². The summed E-state index contributed by atoms with van der Waals surface area (Å²) in [6, 6.07) is 13.9. The Kier molecular flexibility index (Phi) is 8.47. The number of aromatic nitrogens is 1. The maximum Gasteiger partial charge on any atom is 0.213 e. The highest BCUT2D eigenvalue weighted by Crippen LogP contribution is 2.31. The molecule has 1 saturated heterocycles. The summed E-state index contributed by atoms with van der Waals surface area (Å²) >= 11 is 0. The molecule has 2 aromatic rings. The number of benzene rings is 1. The van der Waals surface area contributed by atoms with E-state index in [1.165, 1.54) is 0 Å². The van der Waals surface area contributed by atoms with E-state index in [9.17, 15) is 5.11 Å². The van der Waals surface area contributed by atoms with Crippen LogP contribution in [0, 0.1) is 5.41 Å². The van der Waals surface area contributed by atoms with Gasteiger partial charge in [0.05, 0.1) is 13.2 Å². The first-order chi connectivity index (χ1) is 14.7. The molecule has 1 aromatic carbocycles. The van der Waals surface area contributed by atoms with Crippen molar-refractivity contribution >= 4 is 5.96 Å². The van der Waals surface area contributed by atoms with Gasteiger partial charge < -0.3 is 25.2 Å². The minimum absolute atomic E-state index is 0.0277. The number of guanidine groups is 1. The molecule has 1 fully saturated rings. The zero-order valence-electron chi connectivity index (χ0n) is 17.6. The lowest BCUT2D eigenvalue weighted by Crippen LogP contribution is -2.44. The van der Waals surface area contributed by atoms with Gasteiger partial charge in [0.2, 0.25) is 5.88 Å². The minimum atomic E-state index is -0.0277. The van der Waals surface area contributed by atoms with Crippen molar-refractivity contribution in [2.45, 2.75) is 32.9 Å². The van der Waals surface area contributed by atoms with Gasteiger partial charge in [-0.05, 0) is 37.0 Å². The van der Waals surface area contributed by atoms with Crippen LogP contribution in [-0.2, 0) is 17.9 Å². The molecule has 7 heteroatoms. The van der Waals surface area contributed by atoms with E-state index in [0.717, 1.165) is 49.6 Å². The molecule has 7 nitrogen and oxygen atoms in total. The van der Waals surface area contributed by atoms with Crippen LogP contribution < -0.4 is 15.4 Å². The molecule has 0 spiro atoms. The minimum Gasteiger partial charge on any atom is -0.473 e. The van der Waals surface area contributed by atoms with Crippen LogP contribution in [0.3, 0.4) is 0 Å². The Morgan fingerprint density at radius 3 is 2.83 bits per heavy atom. The van der Waals surface area contributed by atoms with Crippen LogP contribution in [-0.4, -0.2) is 49.0 Å². The van der Waals surface area contributed by atoms with Crippen LogP contribution >= 0.6 is 0 Å². The molecule has 1 aromatic heterocycles. The van der Waals surface area contributed by atoms with E-state index in [0.29, 0.717) is 25.6 Å². The first-order valence-electron chi connectivity index (χ1n) is 10.6. The van der Waals surface area contributed by atoms with E-state index in [4.69, 9.17) is 14.5 Å². The quantitative estimate of drug-likeness (QED) is 0.411. The predicted octanol–water partition coefficient (Wildman–Crippen LogP) is 2.50. The fraction of sp³-hybridized carbons (Fsp3) is 0.478. The Hall–Kier alpha value is -2.64. The fourth-order valence-electron chi connectivity index (χ4n) is 3.45. The van der Waals surface area contributed by atoms with Gasteiger partial charge in [-0.1, -0.05) is 30.3 Å². The molecule has 2 heterocycles. The lowest BCUT2D eigenvalue weighted by Gasteiger charge is -2.27. The SMILES string of the molecule is CCNC(=NCc1ccnc(OCc2ccccc2)c1)NCC1(CCO)CCOC1. The second-order valence-corrected chi connectivity index (χ2v) is 7.60. The summed E-state index contributed by atoms with van der Waals surface area (Å²) in [5.74, 6) is 1.35. The third-order valence-corrected chi connectivity index (χ3v) is 5.25.